The molecular formula is C55H35N3S. The fraction of sp³-hybridized carbons (Fsp3) is 0. The molecule has 0 N–H and O–H groups in total. The number of hydrogen-bond donors (Lipinski definition) is 0. The molecule has 0 radical (unpaired) electrons. The van der Waals surface area contributed by atoms with Gasteiger partial charge in [0.25, 0.3) is 0 Å². The fourth-order valence-electron chi connectivity index (χ4n) is 8.12. The summed E-state index contributed by atoms with van der Waals surface area (Å²) in [4.78, 5) is 15.8. The van der Waals surface area contributed by atoms with E-state index in [0.29, 0.717) is 17.5 Å². The summed E-state index contributed by atoms with van der Waals surface area (Å²) in [7, 11) is 0. The van der Waals surface area contributed by atoms with E-state index in [-0.39, 0.29) is 0 Å². The predicted molar refractivity (Wildman–Crippen MR) is 248 cm³/mol. The Morgan fingerprint density at radius 1 is 0.271 bits per heavy atom. The summed E-state index contributed by atoms with van der Waals surface area (Å²) in [6, 6.07) is 75.3. The Hall–Kier alpha value is -7.53. The van der Waals surface area contributed by atoms with Crippen molar-refractivity contribution in [3.8, 4) is 78.7 Å². The zero-order valence-corrected chi connectivity index (χ0v) is 32.8. The van der Waals surface area contributed by atoms with Gasteiger partial charge in [-0.1, -0.05) is 170 Å². The molecule has 0 unspecified atom stereocenters. The number of nitrogens with zero attached hydrogens (tertiary/aromatic N) is 3. The van der Waals surface area contributed by atoms with Crippen LogP contribution >= 0.6 is 11.3 Å². The van der Waals surface area contributed by atoms with Gasteiger partial charge in [-0.2, -0.15) is 0 Å². The van der Waals surface area contributed by atoms with Crippen LogP contribution in [0.25, 0.3) is 110 Å². The molecule has 59 heavy (non-hydrogen) atoms. The van der Waals surface area contributed by atoms with Gasteiger partial charge in [-0.05, 0) is 97.7 Å². The third-order valence-electron chi connectivity index (χ3n) is 11.1. The van der Waals surface area contributed by atoms with E-state index >= 15 is 0 Å². The Balaban J connectivity index is 1.06. The van der Waals surface area contributed by atoms with Crippen LogP contribution in [-0.2, 0) is 0 Å². The fourth-order valence-corrected chi connectivity index (χ4v) is 9.23. The molecule has 9 aromatic carbocycles. The molecule has 0 aliphatic carbocycles. The maximum absolute atomic E-state index is 5.30. The SMILES string of the molecule is c1ccc(-c2cccc(-c3nc(-c4cccc(-c5ccc6cc(-c7ccccc7)ccc6c5)c4)nc(-c4cccc5sc6ccc(-c7ccccc7)cc6c45)n3)c2)cc1. The lowest BCUT2D eigenvalue weighted by Gasteiger charge is -2.12. The first-order chi connectivity index (χ1) is 29.2. The molecule has 0 saturated heterocycles. The van der Waals surface area contributed by atoms with Crippen LogP contribution in [0.4, 0.5) is 0 Å². The lowest BCUT2D eigenvalue weighted by atomic mass is 9.97. The van der Waals surface area contributed by atoms with Crippen LogP contribution in [0.2, 0.25) is 0 Å². The highest BCUT2D eigenvalue weighted by Gasteiger charge is 2.18. The monoisotopic (exact) mass is 769 g/mol. The molecule has 0 amide bonds. The first kappa shape index (κ1) is 34.7. The molecule has 0 aliphatic heterocycles. The Kier molecular flexibility index (Phi) is 8.68. The highest BCUT2D eigenvalue weighted by atomic mass is 32.1. The summed E-state index contributed by atoms with van der Waals surface area (Å²) in [5.74, 6) is 1.91. The van der Waals surface area contributed by atoms with Gasteiger partial charge >= 0.3 is 0 Å². The van der Waals surface area contributed by atoms with Crippen molar-refractivity contribution in [2.75, 3.05) is 0 Å². The highest BCUT2D eigenvalue weighted by molar-refractivity contribution is 7.26. The van der Waals surface area contributed by atoms with Gasteiger partial charge < -0.3 is 0 Å². The molecule has 0 saturated carbocycles. The van der Waals surface area contributed by atoms with Crippen LogP contribution in [-0.4, -0.2) is 15.0 Å². The van der Waals surface area contributed by atoms with Crippen LogP contribution in [0, 0.1) is 0 Å². The number of thiophene rings is 1. The molecule has 2 aromatic heterocycles. The molecule has 276 valence electrons. The van der Waals surface area contributed by atoms with Crippen LogP contribution in [0.15, 0.2) is 212 Å². The maximum atomic E-state index is 5.30. The zero-order chi connectivity index (χ0) is 39.1. The Morgan fingerprint density at radius 3 is 1.27 bits per heavy atom. The second-order valence-electron chi connectivity index (χ2n) is 14.8. The highest BCUT2D eigenvalue weighted by Crippen LogP contribution is 2.42. The Morgan fingerprint density at radius 2 is 0.695 bits per heavy atom. The minimum absolute atomic E-state index is 0.631. The van der Waals surface area contributed by atoms with Gasteiger partial charge in [-0.3, -0.25) is 0 Å². The van der Waals surface area contributed by atoms with Crippen molar-refractivity contribution in [3.63, 3.8) is 0 Å². The molecule has 11 aromatic rings. The van der Waals surface area contributed by atoms with E-state index in [0.717, 1.165) is 44.3 Å². The van der Waals surface area contributed by atoms with E-state index in [1.807, 2.05) is 6.07 Å². The second-order valence-corrected chi connectivity index (χ2v) is 15.9. The molecule has 0 fully saturated rings. The van der Waals surface area contributed by atoms with Gasteiger partial charge in [0.05, 0.1) is 0 Å². The summed E-state index contributed by atoms with van der Waals surface area (Å²) in [5.41, 5.74) is 12.2. The number of benzene rings is 9. The normalized spacial score (nSPS) is 11.4. The van der Waals surface area contributed by atoms with Crippen LogP contribution < -0.4 is 0 Å². The molecule has 3 nitrogen and oxygen atoms in total. The van der Waals surface area contributed by atoms with Crippen LogP contribution in [0.1, 0.15) is 0 Å². The van der Waals surface area contributed by atoms with Gasteiger partial charge in [-0.15, -0.1) is 11.3 Å². The van der Waals surface area contributed by atoms with Crippen molar-refractivity contribution in [1.29, 1.82) is 0 Å². The molecule has 2 heterocycles. The molecule has 0 bridgehead atoms. The van der Waals surface area contributed by atoms with Gasteiger partial charge in [-0.25, -0.2) is 15.0 Å². The standard InChI is InChI=1S/C55H35N3S/c1-4-13-36(14-5-1)39-19-10-21-46(33-39)53-56-54(47-22-11-20-40(34-47)42-27-28-43-31-41(25-26-44(43)32-42)37-15-6-2-7-16-37)58-55(57-53)48-23-12-24-51-52(48)49-35-45(29-30-50(49)59-51)38-17-8-3-9-18-38/h1-35H. The first-order valence-corrected chi connectivity index (χ1v) is 20.6. The van der Waals surface area contributed by atoms with Crippen molar-refractivity contribution >= 4 is 42.3 Å². The summed E-state index contributed by atoms with van der Waals surface area (Å²) in [5, 5.41) is 4.77. The molecular weight excluding hydrogens is 735 g/mol. The lowest BCUT2D eigenvalue weighted by molar-refractivity contribution is 1.08. The second kappa shape index (κ2) is 14.8. The van der Waals surface area contributed by atoms with Gasteiger partial charge in [0.2, 0.25) is 0 Å². The molecule has 0 spiro atoms. The van der Waals surface area contributed by atoms with Gasteiger partial charge in [0.15, 0.2) is 17.5 Å². The maximum Gasteiger partial charge on any atom is 0.164 e. The van der Waals surface area contributed by atoms with Crippen LogP contribution in [0.3, 0.4) is 0 Å². The van der Waals surface area contributed by atoms with E-state index in [4.69, 9.17) is 15.0 Å². The van der Waals surface area contributed by atoms with E-state index in [9.17, 15) is 0 Å². The van der Waals surface area contributed by atoms with Gasteiger partial charge in [0, 0.05) is 36.9 Å². The molecule has 4 heteroatoms. The molecule has 11 rings (SSSR count). The zero-order valence-electron chi connectivity index (χ0n) is 32.0. The topological polar surface area (TPSA) is 38.7 Å². The van der Waals surface area contributed by atoms with E-state index < -0.39 is 0 Å². The lowest BCUT2D eigenvalue weighted by Crippen LogP contribution is -2.00. The summed E-state index contributed by atoms with van der Waals surface area (Å²) in [6.07, 6.45) is 0. The third kappa shape index (κ3) is 6.66. The Labute approximate surface area is 346 Å². The predicted octanol–water partition coefficient (Wildman–Crippen LogP) is 15.1. The van der Waals surface area contributed by atoms with E-state index in [1.165, 1.54) is 47.8 Å². The third-order valence-corrected chi connectivity index (χ3v) is 12.2. The number of aromatic nitrogens is 3. The van der Waals surface area contributed by atoms with Crippen molar-refractivity contribution in [2.45, 2.75) is 0 Å². The van der Waals surface area contributed by atoms with Crippen molar-refractivity contribution in [2.24, 2.45) is 0 Å². The quantitative estimate of drug-likeness (QED) is 0.162. The van der Waals surface area contributed by atoms with Crippen molar-refractivity contribution in [1.82, 2.24) is 15.0 Å². The average Bonchev–Trinajstić information content (AvgIpc) is 3.70. The van der Waals surface area contributed by atoms with Crippen molar-refractivity contribution in [3.05, 3.63) is 212 Å². The first-order valence-electron chi connectivity index (χ1n) is 19.8. The van der Waals surface area contributed by atoms with E-state index in [1.54, 1.807) is 11.3 Å². The smallest absolute Gasteiger partial charge is 0.164 e. The summed E-state index contributed by atoms with van der Waals surface area (Å²) < 4.78 is 2.43. The van der Waals surface area contributed by atoms with Crippen molar-refractivity contribution < 1.29 is 0 Å². The number of fused-ring (bicyclic) bond motifs is 4. The van der Waals surface area contributed by atoms with Gasteiger partial charge in [0.1, 0.15) is 0 Å². The molecule has 0 aliphatic rings. The summed E-state index contributed by atoms with van der Waals surface area (Å²) in [6.45, 7) is 0. The van der Waals surface area contributed by atoms with E-state index in [2.05, 4.69) is 206 Å². The minimum atomic E-state index is 0.631. The largest absolute Gasteiger partial charge is 0.208 e. The average molecular weight is 770 g/mol. The van der Waals surface area contributed by atoms with Crippen LogP contribution in [0.5, 0.6) is 0 Å². The minimum Gasteiger partial charge on any atom is -0.208 e. The number of hydrogen-bond acceptors (Lipinski definition) is 4. The molecule has 0 atom stereocenters. The summed E-state index contributed by atoms with van der Waals surface area (Å²) >= 11 is 1.80. The Bertz CT molecular complexity index is 3320. The number of rotatable bonds is 7.